The summed E-state index contributed by atoms with van der Waals surface area (Å²) in [6, 6.07) is 3.38. The number of hydrogen-bond acceptors (Lipinski definition) is 4. The van der Waals surface area contributed by atoms with Crippen molar-refractivity contribution in [3.8, 4) is 11.5 Å². The molecule has 0 aliphatic rings. The van der Waals surface area contributed by atoms with Gasteiger partial charge in [0.25, 0.3) is 0 Å². The summed E-state index contributed by atoms with van der Waals surface area (Å²) in [6.45, 7) is 0. The Morgan fingerprint density at radius 3 is 2.64 bits per heavy atom. The highest BCUT2D eigenvalue weighted by molar-refractivity contribution is 5.84. The lowest BCUT2D eigenvalue weighted by atomic mass is 10.3. The van der Waals surface area contributed by atoms with Gasteiger partial charge in [-0.25, -0.2) is 9.78 Å². The zero-order valence-electron chi connectivity index (χ0n) is 7.04. The molecule has 2 aromatic heterocycles. The molecule has 0 unspecified atom stereocenters. The fraction of sp³-hybridized carbons (Fsp3) is 0. The molecule has 5 heteroatoms. The van der Waals surface area contributed by atoms with E-state index in [4.69, 9.17) is 9.52 Å². The maximum Gasteiger partial charge on any atom is 0.373 e. The van der Waals surface area contributed by atoms with Gasteiger partial charge in [-0.2, -0.15) is 0 Å². The van der Waals surface area contributed by atoms with Crippen LogP contribution in [0, 0.1) is 0 Å². The summed E-state index contributed by atoms with van der Waals surface area (Å²) in [5, 5.41) is 8.60. The van der Waals surface area contributed by atoms with Crippen molar-refractivity contribution in [1.82, 2.24) is 9.97 Å². The molecule has 0 saturated heterocycles. The second kappa shape index (κ2) is 3.29. The monoisotopic (exact) mass is 190 g/mol. The van der Waals surface area contributed by atoms with Gasteiger partial charge in [0.15, 0.2) is 0 Å². The highest BCUT2D eigenvalue weighted by Gasteiger charge is 2.11. The van der Waals surface area contributed by atoms with Crippen molar-refractivity contribution in [1.29, 1.82) is 0 Å². The van der Waals surface area contributed by atoms with Gasteiger partial charge in [0.2, 0.25) is 11.7 Å². The van der Waals surface area contributed by atoms with Crippen LogP contribution in [0.2, 0.25) is 0 Å². The van der Waals surface area contributed by atoms with E-state index in [1.807, 2.05) is 0 Å². The van der Waals surface area contributed by atoms with Crippen molar-refractivity contribution in [3.63, 3.8) is 0 Å². The van der Waals surface area contributed by atoms with Crippen LogP contribution < -0.4 is 0 Å². The molecule has 70 valence electrons. The maximum absolute atomic E-state index is 10.5. The second-order valence-electron chi connectivity index (χ2n) is 2.57. The molecule has 14 heavy (non-hydrogen) atoms. The Labute approximate surface area is 79.0 Å². The van der Waals surface area contributed by atoms with Crippen LogP contribution in [-0.2, 0) is 0 Å². The molecule has 0 radical (unpaired) electrons. The van der Waals surface area contributed by atoms with Crippen molar-refractivity contribution in [2.24, 2.45) is 0 Å². The third-order valence-corrected chi connectivity index (χ3v) is 1.64. The summed E-state index contributed by atoms with van der Waals surface area (Å²) in [6.07, 6.45) is 4.35. The predicted molar refractivity (Wildman–Crippen MR) is 46.7 cm³/mol. The number of pyridine rings is 1. The predicted octanol–water partition coefficient (Wildman–Crippen LogP) is 1.43. The van der Waals surface area contributed by atoms with Gasteiger partial charge in [-0.3, -0.25) is 4.98 Å². The van der Waals surface area contributed by atoms with Crippen LogP contribution in [0.25, 0.3) is 11.5 Å². The van der Waals surface area contributed by atoms with Gasteiger partial charge < -0.3 is 9.52 Å². The number of oxazole rings is 1. The average molecular weight is 190 g/mol. The Morgan fingerprint density at radius 2 is 2.07 bits per heavy atom. The minimum atomic E-state index is -1.13. The van der Waals surface area contributed by atoms with Crippen molar-refractivity contribution in [2.75, 3.05) is 0 Å². The van der Waals surface area contributed by atoms with Crippen LogP contribution in [0.5, 0.6) is 0 Å². The number of nitrogens with zero attached hydrogens (tertiary/aromatic N) is 2. The number of rotatable bonds is 2. The molecule has 5 nitrogen and oxygen atoms in total. The van der Waals surface area contributed by atoms with Gasteiger partial charge in [-0.1, -0.05) is 0 Å². The van der Waals surface area contributed by atoms with Gasteiger partial charge in [0.05, 0.1) is 6.20 Å². The van der Waals surface area contributed by atoms with Gasteiger partial charge >= 0.3 is 5.97 Å². The molecule has 0 aliphatic carbocycles. The van der Waals surface area contributed by atoms with Crippen LogP contribution in [0.4, 0.5) is 0 Å². The molecule has 0 atom stereocenters. The van der Waals surface area contributed by atoms with Crippen molar-refractivity contribution in [2.45, 2.75) is 0 Å². The molecule has 0 saturated carbocycles. The highest BCUT2D eigenvalue weighted by Crippen LogP contribution is 2.17. The molecule has 2 rings (SSSR count). The Kier molecular flexibility index (Phi) is 1.98. The Bertz CT molecular complexity index is 450. The number of carboxylic acid groups (broad SMARTS) is 1. The largest absolute Gasteiger partial charge is 0.475 e. The number of carboxylic acids is 1. The van der Waals surface area contributed by atoms with E-state index in [-0.39, 0.29) is 11.7 Å². The van der Waals surface area contributed by atoms with E-state index in [1.54, 1.807) is 24.5 Å². The lowest BCUT2D eigenvalue weighted by Crippen LogP contribution is -1.91. The van der Waals surface area contributed by atoms with Gasteiger partial charge in [0, 0.05) is 18.0 Å². The van der Waals surface area contributed by atoms with Crippen LogP contribution in [0.15, 0.2) is 35.1 Å². The summed E-state index contributed by atoms with van der Waals surface area (Å²) in [4.78, 5) is 18.2. The summed E-state index contributed by atoms with van der Waals surface area (Å²) in [7, 11) is 0. The third kappa shape index (κ3) is 1.47. The van der Waals surface area contributed by atoms with Gasteiger partial charge in [0.1, 0.15) is 0 Å². The lowest BCUT2D eigenvalue weighted by molar-refractivity contribution is 0.0663. The minimum absolute atomic E-state index is 0.170. The SMILES string of the molecule is O=C(O)c1cnc(-c2ccncc2)o1. The van der Waals surface area contributed by atoms with E-state index in [1.165, 1.54) is 6.20 Å². The second-order valence-corrected chi connectivity index (χ2v) is 2.57. The molecule has 0 aliphatic heterocycles. The van der Waals surface area contributed by atoms with Crippen LogP contribution >= 0.6 is 0 Å². The third-order valence-electron chi connectivity index (χ3n) is 1.64. The molecule has 0 aromatic carbocycles. The summed E-state index contributed by atoms with van der Waals surface area (Å²) >= 11 is 0. The quantitative estimate of drug-likeness (QED) is 0.775. The van der Waals surface area contributed by atoms with Crippen LogP contribution in [-0.4, -0.2) is 21.0 Å². The van der Waals surface area contributed by atoms with E-state index in [2.05, 4.69) is 9.97 Å². The first-order valence-electron chi connectivity index (χ1n) is 3.87. The zero-order valence-corrected chi connectivity index (χ0v) is 7.04. The van der Waals surface area contributed by atoms with Crippen molar-refractivity contribution < 1.29 is 14.3 Å². The Balaban J connectivity index is 2.39. The van der Waals surface area contributed by atoms with Crippen LogP contribution in [0.3, 0.4) is 0 Å². The normalized spacial score (nSPS) is 10.0. The molecule has 0 fully saturated rings. The zero-order chi connectivity index (χ0) is 9.97. The van der Waals surface area contributed by atoms with Crippen molar-refractivity contribution >= 4 is 5.97 Å². The highest BCUT2D eigenvalue weighted by atomic mass is 16.4. The molecular formula is C9H6N2O3. The first-order valence-corrected chi connectivity index (χ1v) is 3.87. The first kappa shape index (κ1) is 8.43. The lowest BCUT2D eigenvalue weighted by Gasteiger charge is -1.91. The fourth-order valence-electron chi connectivity index (χ4n) is 1.00. The van der Waals surface area contributed by atoms with Gasteiger partial charge in [-0.15, -0.1) is 0 Å². The van der Waals surface area contributed by atoms with E-state index in [0.717, 1.165) is 0 Å². The van der Waals surface area contributed by atoms with Gasteiger partial charge in [-0.05, 0) is 12.1 Å². The topological polar surface area (TPSA) is 76.2 Å². The number of aromatic nitrogens is 2. The average Bonchev–Trinajstić information content (AvgIpc) is 2.68. The van der Waals surface area contributed by atoms with E-state index in [0.29, 0.717) is 5.56 Å². The molecule has 0 amide bonds. The van der Waals surface area contributed by atoms with E-state index < -0.39 is 5.97 Å². The number of aromatic carboxylic acids is 1. The maximum atomic E-state index is 10.5. The number of carbonyl (C=O) groups is 1. The van der Waals surface area contributed by atoms with Crippen molar-refractivity contribution in [3.05, 3.63) is 36.5 Å². The smallest absolute Gasteiger partial charge is 0.373 e. The molecule has 0 bridgehead atoms. The summed E-state index contributed by atoms with van der Waals surface area (Å²) in [5.41, 5.74) is 0.701. The van der Waals surface area contributed by atoms with E-state index in [9.17, 15) is 4.79 Å². The first-order chi connectivity index (χ1) is 6.77. The van der Waals surface area contributed by atoms with Crippen LogP contribution in [0.1, 0.15) is 10.6 Å². The molecule has 2 heterocycles. The molecular weight excluding hydrogens is 184 g/mol. The molecule has 1 N–H and O–H groups in total. The standard InChI is InChI=1S/C9H6N2O3/c12-9(13)7-5-11-8(14-7)6-1-3-10-4-2-6/h1-5H,(H,12,13). The Morgan fingerprint density at radius 1 is 1.36 bits per heavy atom. The summed E-state index contributed by atoms with van der Waals surface area (Å²) in [5.74, 6) is -1.01. The molecule has 2 aromatic rings. The molecule has 0 spiro atoms. The Hall–Kier alpha value is -2.17. The fourth-order valence-corrected chi connectivity index (χ4v) is 1.00. The number of hydrogen-bond donors (Lipinski definition) is 1. The van der Waals surface area contributed by atoms with E-state index >= 15 is 0 Å². The minimum Gasteiger partial charge on any atom is -0.475 e. The summed E-state index contributed by atoms with van der Waals surface area (Å²) < 4.78 is 4.99.